The van der Waals surface area contributed by atoms with Gasteiger partial charge < -0.3 is 20.1 Å². The summed E-state index contributed by atoms with van der Waals surface area (Å²) < 4.78 is 10.8. The number of methoxy groups -OCH3 is 1. The molecular weight excluding hydrogens is 256 g/mol. The molecule has 5 nitrogen and oxygen atoms in total. The number of amides is 1. The Morgan fingerprint density at radius 2 is 2.15 bits per heavy atom. The molecule has 0 bridgehead atoms. The Morgan fingerprint density at radius 1 is 1.40 bits per heavy atom. The number of rotatable bonds is 8. The second kappa shape index (κ2) is 8.43. The number of hydrogen-bond donors (Lipinski definition) is 2. The standard InChI is InChI=1S/C15H24N2O3/c1-5-8-17-15(18)10-20-14-9-12(19-4)6-7-13(14)11(2)16-3/h6-7,9,11,16H,5,8,10H2,1-4H3,(H,17,18). The van der Waals surface area contributed by atoms with Crippen LogP contribution < -0.4 is 20.1 Å². The zero-order chi connectivity index (χ0) is 15.0. The number of carbonyl (C=O) groups is 1. The van der Waals surface area contributed by atoms with Crippen LogP contribution >= 0.6 is 0 Å². The SMILES string of the molecule is CCCNC(=O)COc1cc(OC)ccc1C(C)NC. The van der Waals surface area contributed by atoms with E-state index in [9.17, 15) is 4.79 Å². The van der Waals surface area contributed by atoms with Gasteiger partial charge in [0.15, 0.2) is 6.61 Å². The van der Waals surface area contributed by atoms with Gasteiger partial charge in [0.25, 0.3) is 5.91 Å². The highest BCUT2D eigenvalue weighted by Crippen LogP contribution is 2.29. The van der Waals surface area contributed by atoms with Crippen molar-refractivity contribution in [1.29, 1.82) is 0 Å². The third-order valence-electron chi connectivity index (χ3n) is 3.05. The normalized spacial score (nSPS) is 11.8. The van der Waals surface area contributed by atoms with Crippen LogP contribution in [-0.4, -0.2) is 33.2 Å². The van der Waals surface area contributed by atoms with E-state index in [1.165, 1.54) is 0 Å². The van der Waals surface area contributed by atoms with Crippen molar-refractivity contribution in [3.05, 3.63) is 23.8 Å². The summed E-state index contributed by atoms with van der Waals surface area (Å²) in [5.41, 5.74) is 0.997. The fourth-order valence-electron chi connectivity index (χ4n) is 1.74. The first kappa shape index (κ1) is 16.3. The van der Waals surface area contributed by atoms with E-state index in [4.69, 9.17) is 9.47 Å². The highest BCUT2D eigenvalue weighted by molar-refractivity contribution is 5.77. The molecule has 2 N–H and O–H groups in total. The molecule has 1 aromatic rings. The van der Waals surface area contributed by atoms with Crippen LogP contribution in [0.4, 0.5) is 0 Å². The lowest BCUT2D eigenvalue weighted by Crippen LogP contribution is -2.29. The maximum atomic E-state index is 11.6. The van der Waals surface area contributed by atoms with Gasteiger partial charge in [-0.25, -0.2) is 0 Å². The summed E-state index contributed by atoms with van der Waals surface area (Å²) >= 11 is 0. The minimum atomic E-state index is -0.113. The Morgan fingerprint density at radius 3 is 2.75 bits per heavy atom. The van der Waals surface area contributed by atoms with Crippen LogP contribution in [0.25, 0.3) is 0 Å². The highest BCUT2D eigenvalue weighted by Gasteiger charge is 2.12. The lowest BCUT2D eigenvalue weighted by atomic mass is 10.1. The van der Waals surface area contributed by atoms with Gasteiger partial charge in [0.2, 0.25) is 0 Å². The second-order valence-corrected chi connectivity index (χ2v) is 4.55. The first-order chi connectivity index (χ1) is 9.62. The predicted octanol–water partition coefficient (Wildman–Crippen LogP) is 1.88. The third kappa shape index (κ3) is 4.74. The largest absolute Gasteiger partial charge is 0.497 e. The smallest absolute Gasteiger partial charge is 0.257 e. The van der Waals surface area contributed by atoms with E-state index < -0.39 is 0 Å². The topological polar surface area (TPSA) is 59.6 Å². The van der Waals surface area contributed by atoms with Gasteiger partial charge in [-0.15, -0.1) is 0 Å². The van der Waals surface area contributed by atoms with Crippen LogP contribution in [-0.2, 0) is 4.79 Å². The molecule has 1 rings (SSSR count). The van der Waals surface area contributed by atoms with E-state index in [1.54, 1.807) is 13.2 Å². The summed E-state index contributed by atoms with van der Waals surface area (Å²) in [6, 6.07) is 5.76. The third-order valence-corrected chi connectivity index (χ3v) is 3.05. The number of benzene rings is 1. The molecule has 0 fully saturated rings. The molecule has 0 spiro atoms. The Balaban J connectivity index is 2.77. The van der Waals surface area contributed by atoms with Crippen molar-refractivity contribution in [2.45, 2.75) is 26.3 Å². The van der Waals surface area contributed by atoms with Crippen LogP contribution in [0.1, 0.15) is 31.9 Å². The molecule has 0 aliphatic rings. The van der Waals surface area contributed by atoms with Crippen LogP contribution in [0.5, 0.6) is 11.5 Å². The quantitative estimate of drug-likeness (QED) is 0.763. The predicted molar refractivity (Wildman–Crippen MR) is 79.3 cm³/mol. The molecule has 0 radical (unpaired) electrons. The van der Waals surface area contributed by atoms with Crippen molar-refractivity contribution < 1.29 is 14.3 Å². The Kier molecular flexibility index (Phi) is 6.87. The van der Waals surface area contributed by atoms with Gasteiger partial charge in [-0.2, -0.15) is 0 Å². The molecule has 0 saturated carbocycles. The van der Waals surface area contributed by atoms with Gasteiger partial charge in [-0.1, -0.05) is 13.0 Å². The number of ether oxygens (including phenoxy) is 2. The van der Waals surface area contributed by atoms with Gasteiger partial charge in [-0.3, -0.25) is 4.79 Å². The van der Waals surface area contributed by atoms with Crippen molar-refractivity contribution in [2.75, 3.05) is 27.3 Å². The van der Waals surface area contributed by atoms with Crippen LogP contribution in [0.3, 0.4) is 0 Å². The minimum Gasteiger partial charge on any atom is -0.497 e. The van der Waals surface area contributed by atoms with E-state index in [-0.39, 0.29) is 18.6 Å². The summed E-state index contributed by atoms with van der Waals surface area (Å²) in [5, 5.41) is 5.94. The Hall–Kier alpha value is -1.75. The van der Waals surface area contributed by atoms with E-state index in [2.05, 4.69) is 10.6 Å². The van der Waals surface area contributed by atoms with E-state index in [1.807, 2.05) is 33.0 Å². The molecule has 0 aliphatic heterocycles. The molecule has 0 aromatic heterocycles. The van der Waals surface area contributed by atoms with Crippen LogP contribution in [0.2, 0.25) is 0 Å². The van der Waals surface area contributed by atoms with Crippen molar-refractivity contribution in [2.24, 2.45) is 0 Å². The first-order valence-electron chi connectivity index (χ1n) is 6.87. The number of nitrogens with one attached hydrogen (secondary N) is 2. The highest BCUT2D eigenvalue weighted by atomic mass is 16.5. The maximum Gasteiger partial charge on any atom is 0.257 e. The molecule has 1 atom stereocenters. The van der Waals surface area contributed by atoms with E-state index in [0.29, 0.717) is 18.0 Å². The van der Waals surface area contributed by atoms with Gasteiger partial charge >= 0.3 is 0 Å². The summed E-state index contributed by atoms with van der Waals surface area (Å²) in [6.07, 6.45) is 0.910. The summed E-state index contributed by atoms with van der Waals surface area (Å²) in [6.45, 7) is 4.72. The summed E-state index contributed by atoms with van der Waals surface area (Å²) in [4.78, 5) is 11.6. The van der Waals surface area contributed by atoms with E-state index in [0.717, 1.165) is 12.0 Å². The number of carbonyl (C=O) groups excluding carboxylic acids is 1. The number of hydrogen-bond acceptors (Lipinski definition) is 4. The summed E-state index contributed by atoms with van der Waals surface area (Å²) in [5.74, 6) is 1.26. The van der Waals surface area contributed by atoms with Gasteiger partial charge in [0, 0.05) is 24.2 Å². The molecule has 112 valence electrons. The average molecular weight is 280 g/mol. The molecule has 0 aliphatic carbocycles. The van der Waals surface area contributed by atoms with Crippen LogP contribution in [0.15, 0.2) is 18.2 Å². The lowest BCUT2D eigenvalue weighted by molar-refractivity contribution is -0.123. The molecule has 1 unspecified atom stereocenters. The molecule has 1 amide bonds. The van der Waals surface area contributed by atoms with E-state index >= 15 is 0 Å². The molecule has 20 heavy (non-hydrogen) atoms. The Labute approximate surface area is 120 Å². The molecule has 5 heteroatoms. The maximum absolute atomic E-state index is 11.6. The molecular formula is C15H24N2O3. The van der Waals surface area contributed by atoms with Crippen LogP contribution in [0, 0.1) is 0 Å². The summed E-state index contributed by atoms with van der Waals surface area (Å²) in [7, 11) is 3.49. The fourth-order valence-corrected chi connectivity index (χ4v) is 1.74. The fraction of sp³-hybridized carbons (Fsp3) is 0.533. The van der Waals surface area contributed by atoms with Gasteiger partial charge in [0.05, 0.1) is 7.11 Å². The molecule has 0 saturated heterocycles. The van der Waals surface area contributed by atoms with Gasteiger partial charge in [-0.05, 0) is 26.5 Å². The first-order valence-corrected chi connectivity index (χ1v) is 6.87. The van der Waals surface area contributed by atoms with Crippen molar-refractivity contribution >= 4 is 5.91 Å². The monoisotopic (exact) mass is 280 g/mol. The Bertz CT molecular complexity index is 435. The lowest BCUT2D eigenvalue weighted by Gasteiger charge is -2.17. The van der Waals surface area contributed by atoms with Crippen molar-refractivity contribution in [1.82, 2.24) is 10.6 Å². The van der Waals surface area contributed by atoms with Crippen molar-refractivity contribution in [3.8, 4) is 11.5 Å². The molecule has 0 heterocycles. The zero-order valence-corrected chi connectivity index (χ0v) is 12.7. The second-order valence-electron chi connectivity index (χ2n) is 4.55. The zero-order valence-electron chi connectivity index (χ0n) is 12.7. The molecule has 1 aromatic carbocycles. The van der Waals surface area contributed by atoms with Gasteiger partial charge in [0.1, 0.15) is 11.5 Å². The minimum absolute atomic E-state index is 0.0105. The average Bonchev–Trinajstić information content (AvgIpc) is 2.49. The van der Waals surface area contributed by atoms with Crippen molar-refractivity contribution in [3.63, 3.8) is 0 Å².